The molecule has 0 radical (unpaired) electrons. The van der Waals surface area contributed by atoms with Gasteiger partial charge in [-0.05, 0) is 36.3 Å². The zero-order valence-electron chi connectivity index (χ0n) is 13.7. The van der Waals surface area contributed by atoms with E-state index in [1.165, 1.54) is 11.1 Å². The fourth-order valence-corrected chi connectivity index (χ4v) is 3.57. The van der Waals surface area contributed by atoms with Crippen LogP contribution < -0.4 is 5.32 Å². The smallest absolute Gasteiger partial charge is 0.254 e. The molecule has 2 heterocycles. The SMILES string of the molecule is Cc1cc(N[C@H]2CCC(C)(C)c3ccccc32)n2ncnc2n1. The molecule has 5 heteroatoms. The average molecular weight is 307 g/mol. The maximum Gasteiger partial charge on any atom is 0.254 e. The summed E-state index contributed by atoms with van der Waals surface area (Å²) in [5.74, 6) is 1.58. The summed E-state index contributed by atoms with van der Waals surface area (Å²) in [4.78, 5) is 8.61. The molecule has 3 aromatic rings. The molecule has 1 N–H and O–H groups in total. The first-order chi connectivity index (χ1) is 11.0. The van der Waals surface area contributed by atoms with E-state index in [1.54, 1.807) is 10.8 Å². The van der Waals surface area contributed by atoms with Crippen molar-refractivity contribution in [3.63, 3.8) is 0 Å². The van der Waals surface area contributed by atoms with E-state index in [0.717, 1.165) is 24.4 Å². The third-order valence-corrected chi connectivity index (χ3v) is 4.83. The summed E-state index contributed by atoms with van der Waals surface area (Å²) >= 11 is 0. The Hall–Kier alpha value is -2.43. The van der Waals surface area contributed by atoms with Gasteiger partial charge in [-0.15, -0.1) is 0 Å². The quantitative estimate of drug-likeness (QED) is 0.785. The molecule has 0 fully saturated rings. The monoisotopic (exact) mass is 307 g/mol. The molecule has 0 aliphatic heterocycles. The summed E-state index contributed by atoms with van der Waals surface area (Å²) < 4.78 is 1.77. The van der Waals surface area contributed by atoms with Crippen LogP contribution in [0.3, 0.4) is 0 Å². The first-order valence-electron chi connectivity index (χ1n) is 8.08. The fraction of sp³-hybridized carbons (Fsp3) is 0.389. The van der Waals surface area contributed by atoms with Crippen molar-refractivity contribution in [2.45, 2.75) is 45.1 Å². The van der Waals surface area contributed by atoms with Crippen LogP contribution >= 0.6 is 0 Å². The van der Waals surface area contributed by atoms with E-state index in [4.69, 9.17) is 0 Å². The number of anilines is 1. The van der Waals surface area contributed by atoms with Gasteiger partial charge in [0, 0.05) is 11.8 Å². The van der Waals surface area contributed by atoms with Gasteiger partial charge in [-0.25, -0.2) is 4.98 Å². The molecule has 4 rings (SSSR count). The second-order valence-electron chi connectivity index (χ2n) is 6.96. The number of fused-ring (bicyclic) bond motifs is 2. The van der Waals surface area contributed by atoms with Gasteiger partial charge in [0.1, 0.15) is 12.1 Å². The van der Waals surface area contributed by atoms with Crippen LogP contribution in [0.25, 0.3) is 5.78 Å². The number of aryl methyl sites for hydroxylation is 1. The molecule has 1 atom stereocenters. The van der Waals surface area contributed by atoms with Crippen LogP contribution in [0.2, 0.25) is 0 Å². The highest BCUT2D eigenvalue weighted by Crippen LogP contribution is 2.42. The van der Waals surface area contributed by atoms with Crippen LogP contribution in [0.4, 0.5) is 5.82 Å². The van der Waals surface area contributed by atoms with Gasteiger partial charge in [0.15, 0.2) is 0 Å². The Morgan fingerprint density at radius 1 is 1.26 bits per heavy atom. The summed E-state index contributed by atoms with van der Waals surface area (Å²) in [5, 5.41) is 7.96. The molecule has 0 spiro atoms. The van der Waals surface area contributed by atoms with Crippen molar-refractivity contribution in [3.05, 3.63) is 53.5 Å². The summed E-state index contributed by atoms with van der Waals surface area (Å²) in [5.41, 5.74) is 3.99. The third-order valence-electron chi connectivity index (χ3n) is 4.83. The van der Waals surface area contributed by atoms with E-state index in [-0.39, 0.29) is 11.5 Å². The number of hydrogen-bond acceptors (Lipinski definition) is 4. The van der Waals surface area contributed by atoms with E-state index in [0.29, 0.717) is 5.78 Å². The Morgan fingerprint density at radius 3 is 2.96 bits per heavy atom. The van der Waals surface area contributed by atoms with Crippen LogP contribution in [-0.2, 0) is 5.41 Å². The van der Waals surface area contributed by atoms with Gasteiger partial charge >= 0.3 is 0 Å². The molecule has 0 saturated carbocycles. The maximum absolute atomic E-state index is 4.41. The molecular formula is C18H21N5. The summed E-state index contributed by atoms with van der Waals surface area (Å²) in [7, 11) is 0. The zero-order valence-corrected chi connectivity index (χ0v) is 13.7. The Bertz CT molecular complexity index is 865. The van der Waals surface area contributed by atoms with Crippen LogP contribution in [0.5, 0.6) is 0 Å². The fourth-order valence-electron chi connectivity index (χ4n) is 3.57. The van der Waals surface area contributed by atoms with E-state index in [9.17, 15) is 0 Å². The van der Waals surface area contributed by atoms with Crippen LogP contribution in [0, 0.1) is 6.92 Å². The van der Waals surface area contributed by atoms with E-state index in [1.807, 2.05) is 13.0 Å². The summed E-state index contributed by atoms with van der Waals surface area (Å²) in [6.45, 7) is 6.64. The lowest BCUT2D eigenvalue weighted by Gasteiger charge is -2.37. The molecule has 5 nitrogen and oxygen atoms in total. The molecule has 1 aliphatic carbocycles. The molecule has 23 heavy (non-hydrogen) atoms. The van der Waals surface area contributed by atoms with Gasteiger partial charge in [0.05, 0.1) is 6.04 Å². The van der Waals surface area contributed by atoms with Crippen molar-refractivity contribution < 1.29 is 0 Å². The minimum Gasteiger partial charge on any atom is -0.363 e. The molecule has 0 amide bonds. The Morgan fingerprint density at radius 2 is 2.09 bits per heavy atom. The van der Waals surface area contributed by atoms with Crippen molar-refractivity contribution in [1.82, 2.24) is 19.6 Å². The average Bonchev–Trinajstić information content (AvgIpc) is 2.99. The van der Waals surface area contributed by atoms with E-state index in [2.05, 4.69) is 58.5 Å². The standard InChI is InChI=1S/C18H21N5/c1-12-10-16(23-17(21-12)19-11-20-23)22-15-8-9-18(2,3)14-7-5-4-6-13(14)15/h4-7,10-11,15,22H,8-9H2,1-3H3/t15-/m0/s1. The molecule has 1 aliphatic rings. The number of aromatic nitrogens is 4. The first kappa shape index (κ1) is 14.2. The van der Waals surface area contributed by atoms with Crippen molar-refractivity contribution in [1.29, 1.82) is 0 Å². The second kappa shape index (κ2) is 5.05. The molecule has 0 bridgehead atoms. The van der Waals surface area contributed by atoms with E-state index < -0.39 is 0 Å². The highest BCUT2D eigenvalue weighted by atomic mass is 15.4. The second-order valence-corrected chi connectivity index (χ2v) is 6.96. The van der Waals surface area contributed by atoms with Gasteiger partial charge in [-0.1, -0.05) is 38.1 Å². The lowest BCUT2D eigenvalue weighted by Crippen LogP contribution is -2.29. The number of nitrogens with zero attached hydrogens (tertiary/aromatic N) is 4. The van der Waals surface area contributed by atoms with Crippen molar-refractivity contribution in [2.75, 3.05) is 5.32 Å². The topological polar surface area (TPSA) is 55.1 Å². The van der Waals surface area contributed by atoms with Gasteiger partial charge < -0.3 is 5.32 Å². The lowest BCUT2D eigenvalue weighted by atomic mass is 9.71. The maximum atomic E-state index is 4.41. The molecule has 118 valence electrons. The number of rotatable bonds is 2. The summed E-state index contributed by atoms with van der Waals surface area (Å²) in [6, 6.07) is 11.1. The number of nitrogens with one attached hydrogen (secondary N) is 1. The molecular weight excluding hydrogens is 286 g/mol. The Kier molecular flexibility index (Phi) is 3.11. The Balaban J connectivity index is 1.76. The first-order valence-corrected chi connectivity index (χ1v) is 8.08. The Labute approximate surface area is 135 Å². The minimum absolute atomic E-state index is 0.228. The van der Waals surface area contributed by atoms with Gasteiger partial charge in [0.25, 0.3) is 5.78 Å². The zero-order chi connectivity index (χ0) is 16.0. The van der Waals surface area contributed by atoms with Gasteiger partial charge in [-0.3, -0.25) is 0 Å². The van der Waals surface area contributed by atoms with Gasteiger partial charge in [0.2, 0.25) is 0 Å². The highest BCUT2D eigenvalue weighted by Gasteiger charge is 2.32. The minimum atomic E-state index is 0.228. The highest BCUT2D eigenvalue weighted by molar-refractivity contribution is 5.49. The summed E-state index contributed by atoms with van der Waals surface area (Å²) in [6.07, 6.45) is 3.80. The van der Waals surface area contributed by atoms with Crippen molar-refractivity contribution in [3.8, 4) is 0 Å². The number of hydrogen-bond donors (Lipinski definition) is 1. The predicted molar refractivity (Wildman–Crippen MR) is 90.6 cm³/mol. The normalized spacial score (nSPS) is 19.5. The molecule has 0 saturated heterocycles. The molecule has 1 aromatic carbocycles. The number of benzene rings is 1. The largest absolute Gasteiger partial charge is 0.363 e. The molecule has 2 aromatic heterocycles. The third kappa shape index (κ3) is 2.36. The van der Waals surface area contributed by atoms with Crippen molar-refractivity contribution in [2.24, 2.45) is 0 Å². The van der Waals surface area contributed by atoms with Gasteiger partial charge in [-0.2, -0.15) is 14.6 Å². The van der Waals surface area contributed by atoms with Crippen LogP contribution in [0.15, 0.2) is 36.7 Å². The lowest BCUT2D eigenvalue weighted by molar-refractivity contribution is 0.405. The molecule has 0 unspecified atom stereocenters. The van der Waals surface area contributed by atoms with Crippen LogP contribution in [-0.4, -0.2) is 19.6 Å². The van der Waals surface area contributed by atoms with Crippen LogP contribution in [0.1, 0.15) is 49.6 Å². The van der Waals surface area contributed by atoms with Crippen molar-refractivity contribution >= 4 is 11.6 Å². The predicted octanol–water partition coefficient (Wildman–Crippen LogP) is 3.66. The van der Waals surface area contributed by atoms with E-state index >= 15 is 0 Å².